The van der Waals surface area contributed by atoms with Gasteiger partial charge in [-0.2, -0.15) is 0 Å². The molecule has 1 aliphatic heterocycles. The molecule has 0 radical (unpaired) electrons. The molecule has 1 aromatic rings. The van der Waals surface area contributed by atoms with Gasteiger partial charge < -0.3 is 10.6 Å². The second-order valence-corrected chi connectivity index (χ2v) is 6.19. The topological polar surface area (TPSA) is 41.1 Å². The second kappa shape index (κ2) is 5.93. The Morgan fingerprint density at radius 3 is 2.68 bits per heavy atom. The number of hydrogen-bond donors (Lipinski definition) is 2. The van der Waals surface area contributed by atoms with E-state index >= 15 is 0 Å². The van der Waals surface area contributed by atoms with E-state index in [4.69, 9.17) is 11.6 Å². The fourth-order valence-corrected chi connectivity index (χ4v) is 2.47. The van der Waals surface area contributed by atoms with Gasteiger partial charge in [-0.3, -0.25) is 4.79 Å². The monoisotopic (exact) mass is 280 g/mol. The zero-order valence-corrected chi connectivity index (χ0v) is 12.3. The van der Waals surface area contributed by atoms with Crippen LogP contribution < -0.4 is 10.6 Å². The van der Waals surface area contributed by atoms with Crippen molar-refractivity contribution in [2.45, 2.75) is 38.1 Å². The van der Waals surface area contributed by atoms with Gasteiger partial charge in [0.1, 0.15) is 0 Å². The molecule has 1 amide bonds. The van der Waals surface area contributed by atoms with Crippen molar-refractivity contribution in [1.29, 1.82) is 0 Å². The first-order valence-electron chi connectivity index (χ1n) is 6.76. The smallest absolute Gasteiger partial charge is 0.237 e. The highest BCUT2D eigenvalue weighted by molar-refractivity contribution is 6.30. The van der Waals surface area contributed by atoms with Crippen LogP contribution in [0.5, 0.6) is 0 Å². The van der Waals surface area contributed by atoms with Gasteiger partial charge >= 0.3 is 0 Å². The fourth-order valence-electron chi connectivity index (χ4n) is 2.34. The van der Waals surface area contributed by atoms with E-state index in [1.165, 1.54) is 5.56 Å². The average molecular weight is 281 g/mol. The number of carbonyl (C=O) groups is 1. The zero-order chi connectivity index (χ0) is 13.9. The molecule has 3 nitrogen and oxygen atoms in total. The summed E-state index contributed by atoms with van der Waals surface area (Å²) >= 11 is 5.90. The van der Waals surface area contributed by atoms with Gasteiger partial charge in [-0.05, 0) is 37.1 Å². The molecule has 0 aromatic heterocycles. The van der Waals surface area contributed by atoms with E-state index in [1.807, 2.05) is 24.3 Å². The number of hydrogen-bond acceptors (Lipinski definition) is 2. The molecule has 1 aromatic carbocycles. The summed E-state index contributed by atoms with van der Waals surface area (Å²) in [5.41, 5.74) is 1.08. The molecule has 2 rings (SSSR count). The Morgan fingerprint density at radius 2 is 2.11 bits per heavy atom. The number of benzene rings is 1. The van der Waals surface area contributed by atoms with Crippen molar-refractivity contribution in [2.24, 2.45) is 0 Å². The Balaban J connectivity index is 1.93. The van der Waals surface area contributed by atoms with Crippen LogP contribution in [-0.4, -0.2) is 25.0 Å². The van der Waals surface area contributed by atoms with Crippen LogP contribution in [0.15, 0.2) is 24.3 Å². The Bertz CT molecular complexity index is 436. The molecule has 1 fully saturated rings. The second-order valence-electron chi connectivity index (χ2n) is 5.76. The van der Waals surface area contributed by atoms with Crippen molar-refractivity contribution in [3.63, 3.8) is 0 Å². The van der Waals surface area contributed by atoms with Gasteiger partial charge in [0, 0.05) is 17.0 Å². The van der Waals surface area contributed by atoms with Crippen LogP contribution in [0.2, 0.25) is 5.02 Å². The molecule has 1 heterocycles. The van der Waals surface area contributed by atoms with E-state index in [0.717, 1.165) is 24.4 Å². The van der Waals surface area contributed by atoms with E-state index < -0.39 is 0 Å². The molecule has 1 aliphatic rings. The van der Waals surface area contributed by atoms with Crippen molar-refractivity contribution in [3.05, 3.63) is 34.9 Å². The van der Waals surface area contributed by atoms with Gasteiger partial charge in [0.2, 0.25) is 5.91 Å². The first kappa shape index (κ1) is 14.4. The van der Waals surface area contributed by atoms with Crippen LogP contribution >= 0.6 is 11.6 Å². The number of amides is 1. The quantitative estimate of drug-likeness (QED) is 0.890. The summed E-state index contributed by atoms with van der Waals surface area (Å²) < 4.78 is 0. The van der Waals surface area contributed by atoms with Crippen LogP contribution in [0.4, 0.5) is 0 Å². The molecular formula is C15H21ClN2O. The van der Waals surface area contributed by atoms with Crippen LogP contribution in [0.3, 0.4) is 0 Å². The number of carbonyl (C=O) groups excluding carboxylic acids is 1. The maximum absolute atomic E-state index is 12.0. The van der Waals surface area contributed by atoms with E-state index in [1.54, 1.807) is 0 Å². The predicted octanol–water partition coefficient (Wildman–Crippen LogP) is 2.49. The Morgan fingerprint density at radius 1 is 1.42 bits per heavy atom. The summed E-state index contributed by atoms with van der Waals surface area (Å²) in [6.45, 7) is 5.82. The van der Waals surface area contributed by atoms with Gasteiger partial charge in [0.15, 0.2) is 0 Å². The lowest BCUT2D eigenvalue weighted by Crippen LogP contribution is -2.45. The summed E-state index contributed by atoms with van der Waals surface area (Å²) in [7, 11) is 0. The third kappa shape index (κ3) is 3.71. The largest absolute Gasteiger partial charge is 0.354 e. The minimum absolute atomic E-state index is 0.0129. The van der Waals surface area contributed by atoms with E-state index in [0.29, 0.717) is 6.54 Å². The van der Waals surface area contributed by atoms with Crippen molar-refractivity contribution >= 4 is 17.5 Å². The summed E-state index contributed by atoms with van der Waals surface area (Å²) in [5, 5.41) is 6.99. The van der Waals surface area contributed by atoms with Gasteiger partial charge in [0.05, 0.1) is 6.04 Å². The molecule has 1 saturated heterocycles. The lowest BCUT2D eigenvalue weighted by molar-refractivity contribution is -0.123. The highest BCUT2D eigenvalue weighted by Gasteiger charge is 2.25. The van der Waals surface area contributed by atoms with E-state index in [-0.39, 0.29) is 17.4 Å². The molecular weight excluding hydrogens is 260 g/mol. The SMILES string of the molecule is CC(C)(CNC(=O)C1CCCN1)c1ccc(Cl)cc1. The van der Waals surface area contributed by atoms with E-state index in [9.17, 15) is 4.79 Å². The normalized spacial score (nSPS) is 19.4. The highest BCUT2D eigenvalue weighted by atomic mass is 35.5. The van der Waals surface area contributed by atoms with Gasteiger partial charge in [-0.25, -0.2) is 0 Å². The van der Waals surface area contributed by atoms with Crippen molar-refractivity contribution < 1.29 is 4.79 Å². The molecule has 2 N–H and O–H groups in total. The predicted molar refractivity (Wildman–Crippen MR) is 78.5 cm³/mol. The number of rotatable bonds is 4. The third-order valence-corrected chi connectivity index (χ3v) is 3.96. The molecule has 0 saturated carbocycles. The summed E-state index contributed by atoms with van der Waals surface area (Å²) in [6, 6.07) is 7.80. The highest BCUT2D eigenvalue weighted by Crippen LogP contribution is 2.24. The molecule has 4 heteroatoms. The van der Waals surface area contributed by atoms with Crippen molar-refractivity contribution in [3.8, 4) is 0 Å². The standard InChI is InChI=1S/C15H21ClN2O/c1-15(2,11-5-7-12(16)8-6-11)10-18-14(19)13-4-3-9-17-13/h5-8,13,17H,3-4,9-10H2,1-2H3,(H,18,19). The molecule has 1 atom stereocenters. The lowest BCUT2D eigenvalue weighted by atomic mass is 9.84. The summed E-state index contributed by atoms with van der Waals surface area (Å²) in [6.07, 6.45) is 2.02. The van der Waals surface area contributed by atoms with Crippen molar-refractivity contribution in [1.82, 2.24) is 10.6 Å². The minimum Gasteiger partial charge on any atom is -0.354 e. The first-order chi connectivity index (χ1) is 8.99. The molecule has 19 heavy (non-hydrogen) atoms. The van der Waals surface area contributed by atoms with Gasteiger partial charge in [-0.15, -0.1) is 0 Å². The van der Waals surface area contributed by atoms with Gasteiger partial charge in [-0.1, -0.05) is 37.6 Å². The summed E-state index contributed by atoms with van der Waals surface area (Å²) in [4.78, 5) is 12.0. The maximum Gasteiger partial charge on any atom is 0.237 e. The number of halogens is 1. The maximum atomic E-state index is 12.0. The average Bonchev–Trinajstić information content (AvgIpc) is 2.90. The van der Waals surface area contributed by atoms with Crippen LogP contribution in [0.25, 0.3) is 0 Å². The molecule has 1 unspecified atom stereocenters. The molecule has 104 valence electrons. The van der Waals surface area contributed by atoms with Crippen LogP contribution in [-0.2, 0) is 10.2 Å². The Hall–Kier alpha value is -1.06. The van der Waals surface area contributed by atoms with Crippen molar-refractivity contribution in [2.75, 3.05) is 13.1 Å². The molecule has 0 bridgehead atoms. The molecule has 0 spiro atoms. The van der Waals surface area contributed by atoms with Gasteiger partial charge in [0.25, 0.3) is 0 Å². The zero-order valence-electron chi connectivity index (χ0n) is 11.5. The van der Waals surface area contributed by atoms with Crippen LogP contribution in [0.1, 0.15) is 32.3 Å². The minimum atomic E-state index is -0.0984. The summed E-state index contributed by atoms with van der Waals surface area (Å²) in [5.74, 6) is 0.111. The molecule has 0 aliphatic carbocycles. The lowest BCUT2D eigenvalue weighted by Gasteiger charge is -2.26. The van der Waals surface area contributed by atoms with E-state index in [2.05, 4.69) is 24.5 Å². The van der Waals surface area contributed by atoms with Crippen LogP contribution in [0, 0.1) is 0 Å². The Labute approximate surface area is 119 Å². The first-order valence-corrected chi connectivity index (χ1v) is 7.14. The third-order valence-electron chi connectivity index (χ3n) is 3.71. The fraction of sp³-hybridized carbons (Fsp3) is 0.533. The number of nitrogens with one attached hydrogen (secondary N) is 2. The Kier molecular flexibility index (Phi) is 4.48.